The minimum absolute atomic E-state index is 0.248. The number of carboxylic acids is 1. The van der Waals surface area contributed by atoms with Crippen LogP contribution in [0.3, 0.4) is 0 Å². The van der Waals surface area contributed by atoms with Crippen molar-refractivity contribution in [1.82, 2.24) is 0 Å². The van der Waals surface area contributed by atoms with Gasteiger partial charge in [0.05, 0.1) is 0 Å². The molecule has 0 aliphatic rings. The Hall–Kier alpha value is -0.830. The van der Waals surface area contributed by atoms with Crippen LogP contribution in [-0.2, 0) is 16.5 Å². The van der Waals surface area contributed by atoms with Crippen molar-refractivity contribution in [3.63, 3.8) is 0 Å². The zero-order chi connectivity index (χ0) is 11.3. The molecule has 0 amide bonds. The molecular formula is C12H15BrO2. The van der Waals surface area contributed by atoms with E-state index in [1.54, 1.807) is 0 Å². The topological polar surface area (TPSA) is 37.3 Å². The lowest BCUT2D eigenvalue weighted by Crippen LogP contribution is -1.97. The highest BCUT2D eigenvalue weighted by molar-refractivity contribution is 9.08. The lowest BCUT2D eigenvalue weighted by atomic mass is 10.0. The molecule has 1 N–H and O–H groups in total. The van der Waals surface area contributed by atoms with E-state index in [4.69, 9.17) is 5.11 Å². The van der Waals surface area contributed by atoms with Gasteiger partial charge in [-0.05, 0) is 36.5 Å². The minimum atomic E-state index is -0.718. The number of carbonyl (C=O) groups is 1. The minimum Gasteiger partial charge on any atom is -0.481 e. The Morgan fingerprint density at radius 2 is 2.20 bits per heavy atom. The lowest BCUT2D eigenvalue weighted by molar-refractivity contribution is -0.137. The van der Waals surface area contributed by atoms with Gasteiger partial charge < -0.3 is 5.11 Å². The van der Waals surface area contributed by atoms with Crippen LogP contribution in [0, 0.1) is 6.92 Å². The molecule has 0 aromatic heterocycles. The maximum atomic E-state index is 10.4. The first-order valence-corrected chi connectivity index (χ1v) is 6.12. The standard InChI is InChI=1S/C12H15BrO2/c1-9-5-6-10(8-13)7-11(9)3-2-4-12(14)15/h5-7H,2-4,8H2,1H3,(H,14,15). The average Bonchev–Trinajstić information content (AvgIpc) is 2.20. The molecule has 3 heteroatoms. The van der Waals surface area contributed by atoms with Crippen molar-refractivity contribution in [1.29, 1.82) is 0 Å². The number of aryl methyl sites for hydroxylation is 2. The van der Waals surface area contributed by atoms with Crippen LogP contribution in [0.5, 0.6) is 0 Å². The summed E-state index contributed by atoms with van der Waals surface area (Å²) in [5.41, 5.74) is 3.74. The average molecular weight is 271 g/mol. The van der Waals surface area contributed by atoms with Crippen molar-refractivity contribution in [2.75, 3.05) is 0 Å². The summed E-state index contributed by atoms with van der Waals surface area (Å²) in [4.78, 5) is 10.4. The Balaban J connectivity index is 2.62. The first-order valence-electron chi connectivity index (χ1n) is 4.99. The third kappa shape index (κ3) is 4.04. The molecule has 0 bridgehead atoms. The van der Waals surface area contributed by atoms with Gasteiger partial charge in [-0.25, -0.2) is 0 Å². The molecular weight excluding hydrogens is 256 g/mol. The van der Waals surface area contributed by atoms with Crippen LogP contribution in [0.4, 0.5) is 0 Å². The van der Waals surface area contributed by atoms with Crippen LogP contribution in [-0.4, -0.2) is 11.1 Å². The summed E-state index contributed by atoms with van der Waals surface area (Å²) in [6.45, 7) is 2.06. The molecule has 0 unspecified atom stereocenters. The van der Waals surface area contributed by atoms with E-state index >= 15 is 0 Å². The molecule has 82 valence electrons. The fourth-order valence-electron chi connectivity index (χ4n) is 1.51. The summed E-state index contributed by atoms with van der Waals surface area (Å²) >= 11 is 3.41. The lowest BCUT2D eigenvalue weighted by Gasteiger charge is -2.06. The Morgan fingerprint density at radius 1 is 1.47 bits per heavy atom. The van der Waals surface area contributed by atoms with Gasteiger partial charge in [0, 0.05) is 11.8 Å². The van der Waals surface area contributed by atoms with Crippen molar-refractivity contribution in [2.45, 2.75) is 31.5 Å². The van der Waals surface area contributed by atoms with Gasteiger partial charge in [-0.15, -0.1) is 0 Å². The van der Waals surface area contributed by atoms with Crippen LogP contribution < -0.4 is 0 Å². The number of aliphatic carboxylic acids is 1. The Morgan fingerprint density at radius 3 is 2.80 bits per heavy atom. The largest absolute Gasteiger partial charge is 0.481 e. The predicted octanol–water partition coefficient (Wildman–Crippen LogP) is 3.30. The second-order valence-electron chi connectivity index (χ2n) is 3.64. The highest BCUT2D eigenvalue weighted by Crippen LogP contribution is 2.15. The van der Waals surface area contributed by atoms with Gasteiger partial charge in [-0.3, -0.25) is 4.79 Å². The van der Waals surface area contributed by atoms with Crippen LogP contribution in [0.15, 0.2) is 18.2 Å². The first kappa shape index (κ1) is 12.2. The zero-order valence-electron chi connectivity index (χ0n) is 8.79. The maximum Gasteiger partial charge on any atom is 0.303 e. The molecule has 0 spiro atoms. The number of benzene rings is 1. The SMILES string of the molecule is Cc1ccc(CBr)cc1CCCC(=O)O. The molecule has 0 fully saturated rings. The molecule has 2 nitrogen and oxygen atoms in total. The highest BCUT2D eigenvalue weighted by Gasteiger charge is 2.02. The maximum absolute atomic E-state index is 10.4. The van der Waals surface area contributed by atoms with Gasteiger partial charge in [0.1, 0.15) is 0 Å². The Bertz CT molecular complexity index is 347. The summed E-state index contributed by atoms with van der Waals surface area (Å²) < 4.78 is 0. The quantitative estimate of drug-likeness (QED) is 0.834. The van der Waals surface area contributed by atoms with Crippen molar-refractivity contribution < 1.29 is 9.90 Å². The molecule has 0 aliphatic carbocycles. The van der Waals surface area contributed by atoms with Gasteiger partial charge in [0.15, 0.2) is 0 Å². The second kappa shape index (κ2) is 5.91. The van der Waals surface area contributed by atoms with Crippen LogP contribution in [0.25, 0.3) is 0 Å². The van der Waals surface area contributed by atoms with Crippen molar-refractivity contribution in [3.8, 4) is 0 Å². The Kier molecular flexibility index (Phi) is 4.82. The van der Waals surface area contributed by atoms with Gasteiger partial charge in [0.25, 0.3) is 0 Å². The van der Waals surface area contributed by atoms with Gasteiger partial charge in [-0.2, -0.15) is 0 Å². The highest BCUT2D eigenvalue weighted by atomic mass is 79.9. The van der Waals surface area contributed by atoms with Crippen LogP contribution in [0.1, 0.15) is 29.5 Å². The van der Waals surface area contributed by atoms with Crippen molar-refractivity contribution in [3.05, 3.63) is 34.9 Å². The molecule has 0 saturated heterocycles. The molecule has 0 atom stereocenters. The second-order valence-corrected chi connectivity index (χ2v) is 4.20. The summed E-state index contributed by atoms with van der Waals surface area (Å²) in [6, 6.07) is 6.32. The molecule has 15 heavy (non-hydrogen) atoms. The van der Waals surface area contributed by atoms with Gasteiger partial charge >= 0.3 is 5.97 Å². The molecule has 0 heterocycles. The van der Waals surface area contributed by atoms with Gasteiger partial charge in [-0.1, -0.05) is 34.1 Å². The molecule has 0 radical (unpaired) electrons. The van der Waals surface area contributed by atoms with E-state index in [1.165, 1.54) is 16.7 Å². The first-order chi connectivity index (χ1) is 7.13. The number of alkyl halides is 1. The summed E-state index contributed by atoms with van der Waals surface area (Å²) in [5, 5.41) is 9.40. The van der Waals surface area contributed by atoms with E-state index < -0.39 is 5.97 Å². The summed E-state index contributed by atoms with van der Waals surface area (Å²) in [5.74, 6) is -0.718. The third-order valence-electron chi connectivity index (χ3n) is 2.40. The number of rotatable bonds is 5. The summed E-state index contributed by atoms with van der Waals surface area (Å²) in [7, 11) is 0. The normalized spacial score (nSPS) is 10.3. The van der Waals surface area contributed by atoms with E-state index in [2.05, 4.69) is 41.1 Å². The van der Waals surface area contributed by atoms with Crippen molar-refractivity contribution >= 4 is 21.9 Å². The molecule has 0 saturated carbocycles. The van der Waals surface area contributed by atoms with Crippen LogP contribution in [0.2, 0.25) is 0 Å². The molecule has 1 rings (SSSR count). The number of hydrogen-bond donors (Lipinski definition) is 1. The van der Waals surface area contributed by atoms with E-state index in [-0.39, 0.29) is 6.42 Å². The monoisotopic (exact) mass is 270 g/mol. The molecule has 0 aliphatic heterocycles. The fraction of sp³-hybridized carbons (Fsp3) is 0.417. The van der Waals surface area contributed by atoms with E-state index in [9.17, 15) is 4.79 Å². The van der Waals surface area contributed by atoms with Crippen molar-refractivity contribution in [2.24, 2.45) is 0 Å². The number of carboxylic acid groups (broad SMARTS) is 1. The third-order valence-corrected chi connectivity index (χ3v) is 3.05. The van der Waals surface area contributed by atoms with Gasteiger partial charge in [0.2, 0.25) is 0 Å². The smallest absolute Gasteiger partial charge is 0.303 e. The fourth-order valence-corrected chi connectivity index (χ4v) is 1.86. The predicted molar refractivity (Wildman–Crippen MR) is 64.4 cm³/mol. The van der Waals surface area contributed by atoms with Crippen LogP contribution >= 0.6 is 15.9 Å². The summed E-state index contributed by atoms with van der Waals surface area (Å²) in [6.07, 6.45) is 1.80. The molecule has 1 aromatic carbocycles. The van der Waals surface area contributed by atoms with E-state index in [0.717, 1.165) is 11.8 Å². The van der Waals surface area contributed by atoms with E-state index in [1.807, 2.05) is 0 Å². The van der Waals surface area contributed by atoms with E-state index in [0.29, 0.717) is 6.42 Å². The number of hydrogen-bond acceptors (Lipinski definition) is 1. The number of halogens is 1. The Labute approximate surface area is 98.4 Å². The zero-order valence-corrected chi connectivity index (χ0v) is 10.4. The molecule has 1 aromatic rings.